The van der Waals surface area contributed by atoms with Crippen LogP contribution in [0.3, 0.4) is 0 Å². The Labute approximate surface area is 161 Å². The highest BCUT2D eigenvalue weighted by atomic mass is 35.5. The predicted molar refractivity (Wildman–Crippen MR) is 105 cm³/mol. The summed E-state index contributed by atoms with van der Waals surface area (Å²) in [5.41, 5.74) is 2.91. The van der Waals surface area contributed by atoms with Gasteiger partial charge >= 0.3 is 0 Å². The molecule has 0 saturated heterocycles. The Hall–Kier alpha value is -2.31. The molecule has 3 aromatic rings. The van der Waals surface area contributed by atoms with E-state index in [9.17, 15) is 4.79 Å². The lowest BCUT2D eigenvalue weighted by atomic mass is 10.1. The number of hydrogen-bond acceptors (Lipinski definition) is 4. The number of benzene rings is 1. The number of thioether (sulfide) groups is 1. The number of carbonyl (C=O) groups is 1. The molecule has 0 radical (unpaired) electrons. The maximum absolute atomic E-state index is 12.3. The maximum atomic E-state index is 12.3. The Morgan fingerprint density at radius 1 is 1.31 bits per heavy atom. The van der Waals surface area contributed by atoms with Gasteiger partial charge in [0.1, 0.15) is 0 Å². The lowest BCUT2D eigenvalue weighted by Gasteiger charge is -2.14. The first-order valence-electron chi connectivity index (χ1n) is 8.17. The molecule has 1 amide bonds. The summed E-state index contributed by atoms with van der Waals surface area (Å²) in [6.07, 6.45) is 7.06. The van der Waals surface area contributed by atoms with Gasteiger partial charge in [-0.2, -0.15) is 0 Å². The highest BCUT2D eigenvalue weighted by Gasteiger charge is 2.13. The van der Waals surface area contributed by atoms with Gasteiger partial charge in [-0.3, -0.25) is 14.3 Å². The molecular formula is C19H19ClN4OS. The molecule has 0 aliphatic rings. The average molecular weight is 387 g/mol. The van der Waals surface area contributed by atoms with E-state index < -0.39 is 0 Å². The van der Waals surface area contributed by atoms with Crippen LogP contribution in [0.25, 0.3) is 5.69 Å². The summed E-state index contributed by atoms with van der Waals surface area (Å²) < 4.78 is 1.95. The molecule has 0 spiro atoms. The van der Waals surface area contributed by atoms with Crippen LogP contribution in [-0.2, 0) is 4.79 Å². The van der Waals surface area contributed by atoms with Crippen molar-refractivity contribution in [2.45, 2.75) is 25.0 Å². The van der Waals surface area contributed by atoms with E-state index in [0.29, 0.717) is 5.02 Å². The number of aromatic nitrogens is 3. The Kier molecular flexibility index (Phi) is 5.96. The third-order valence-electron chi connectivity index (χ3n) is 4.00. The van der Waals surface area contributed by atoms with Gasteiger partial charge in [0, 0.05) is 29.8 Å². The second-order valence-electron chi connectivity index (χ2n) is 5.83. The van der Waals surface area contributed by atoms with Crippen molar-refractivity contribution in [2.75, 3.05) is 5.75 Å². The Morgan fingerprint density at radius 3 is 2.92 bits per heavy atom. The van der Waals surface area contributed by atoms with E-state index in [2.05, 4.69) is 15.3 Å². The van der Waals surface area contributed by atoms with Gasteiger partial charge in [0.2, 0.25) is 5.91 Å². The number of rotatable bonds is 6. The SMILES string of the molecule is Cc1c(Cl)cccc1-n1ccnc1SCC(=O)N[C@@H](C)c1cccnc1. The van der Waals surface area contributed by atoms with Crippen molar-refractivity contribution in [2.24, 2.45) is 0 Å². The molecule has 5 nitrogen and oxygen atoms in total. The van der Waals surface area contributed by atoms with Gasteiger partial charge in [0.15, 0.2) is 5.16 Å². The summed E-state index contributed by atoms with van der Waals surface area (Å²) in [5.74, 6) is 0.227. The maximum Gasteiger partial charge on any atom is 0.230 e. The Morgan fingerprint density at radius 2 is 2.15 bits per heavy atom. The lowest BCUT2D eigenvalue weighted by Crippen LogP contribution is -2.28. The third-order valence-corrected chi connectivity index (χ3v) is 5.38. The number of imidazole rings is 1. The molecule has 0 aliphatic heterocycles. The molecule has 0 bridgehead atoms. The minimum atomic E-state index is -0.0910. The van der Waals surface area contributed by atoms with Crippen LogP contribution in [0.2, 0.25) is 5.02 Å². The van der Waals surface area contributed by atoms with Crippen LogP contribution in [0.15, 0.2) is 60.3 Å². The van der Waals surface area contributed by atoms with Gasteiger partial charge in [0.25, 0.3) is 0 Å². The quantitative estimate of drug-likeness (QED) is 0.645. The summed E-state index contributed by atoms with van der Waals surface area (Å²) in [6, 6.07) is 9.46. The fraction of sp³-hybridized carbons (Fsp3) is 0.211. The molecule has 7 heteroatoms. The van der Waals surface area contributed by atoms with Crippen molar-refractivity contribution in [1.82, 2.24) is 19.9 Å². The van der Waals surface area contributed by atoms with Crippen molar-refractivity contribution < 1.29 is 4.79 Å². The highest BCUT2D eigenvalue weighted by molar-refractivity contribution is 7.99. The van der Waals surface area contributed by atoms with E-state index in [0.717, 1.165) is 22.0 Å². The Bertz CT molecular complexity index is 898. The zero-order valence-corrected chi connectivity index (χ0v) is 16.1. The number of pyridine rings is 1. The van der Waals surface area contributed by atoms with E-state index in [1.54, 1.807) is 18.6 Å². The predicted octanol–water partition coefficient (Wildman–Crippen LogP) is 4.20. The van der Waals surface area contributed by atoms with E-state index in [1.807, 2.05) is 54.9 Å². The summed E-state index contributed by atoms with van der Waals surface area (Å²) in [5, 5.41) is 4.43. The van der Waals surface area contributed by atoms with Crippen LogP contribution in [0.1, 0.15) is 24.1 Å². The fourth-order valence-electron chi connectivity index (χ4n) is 2.57. The van der Waals surface area contributed by atoms with Gasteiger partial charge < -0.3 is 5.32 Å². The van der Waals surface area contributed by atoms with Crippen LogP contribution in [0, 0.1) is 6.92 Å². The third kappa shape index (κ3) is 4.26. The number of hydrogen-bond donors (Lipinski definition) is 1. The second-order valence-corrected chi connectivity index (χ2v) is 7.18. The molecule has 1 aromatic carbocycles. The fourth-order valence-corrected chi connectivity index (χ4v) is 3.51. The van der Waals surface area contributed by atoms with Crippen molar-refractivity contribution in [3.63, 3.8) is 0 Å². The zero-order chi connectivity index (χ0) is 18.5. The summed E-state index contributed by atoms with van der Waals surface area (Å²) in [7, 11) is 0. The van der Waals surface area contributed by atoms with E-state index in [-0.39, 0.29) is 17.7 Å². The molecule has 26 heavy (non-hydrogen) atoms. The van der Waals surface area contributed by atoms with E-state index in [1.165, 1.54) is 11.8 Å². The van der Waals surface area contributed by atoms with Crippen molar-refractivity contribution in [3.8, 4) is 5.69 Å². The van der Waals surface area contributed by atoms with Crippen LogP contribution in [0.5, 0.6) is 0 Å². The van der Waals surface area contributed by atoms with Gasteiger partial charge in [-0.25, -0.2) is 4.98 Å². The molecule has 0 unspecified atom stereocenters. The summed E-state index contributed by atoms with van der Waals surface area (Å²) in [4.78, 5) is 20.7. The number of amides is 1. The first-order chi connectivity index (χ1) is 12.6. The van der Waals surface area contributed by atoms with Crippen molar-refractivity contribution >= 4 is 29.3 Å². The Balaban J connectivity index is 1.65. The van der Waals surface area contributed by atoms with Crippen LogP contribution < -0.4 is 5.32 Å². The first kappa shape index (κ1) is 18.5. The number of halogens is 1. The number of carbonyl (C=O) groups excluding carboxylic acids is 1. The molecule has 3 rings (SSSR count). The topological polar surface area (TPSA) is 59.8 Å². The molecule has 134 valence electrons. The van der Waals surface area contributed by atoms with Crippen LogP contribution >= 0.6 is 23.4 Å². The van der Waals surface area contributed by atoms with Gasteiger partial charge in [-0.15, -0.1) is 0 Å². The normalized spacial score (nSPS) is 12.0. The van der Waals surface area contributed by atoms with Gasteiger partial charge in [-0.05, 0) is 43.2 Å². The molecular weight excluding hydrogens is 368 g/mol. The average Bonchev–Trinajstić information content (AvgIpc) is 3.11. The molecule has 0 fully saturated rings. The van der Waals surface area contributed by atoms with E-state index >= 15 is 0 Å². The molecule has 1 atom stereocenters. The van der Waals surface area contributed by atoms with Crippen molar-refractivity contribution in [1.29, 1.82) is 0 Å². The minimum Gasteiger partial charge on any atom is -0.349 e. The number of nitrogens with zero attached hydrogens (tertiary/aromatic N) is 3. The smallest absolute Gasteiger partial charge is 0.230 e. The van der Waals surface area contributed by atoms with Gasteiger partial charge in [0.05, 0.1) is 17.5 Å². The van der Waals surface area contributed by atoms with Crippen molar-refractivity contribution in [3.05, 3.63) is 71.3 Å². The monoisotopic (exact) mass is 386 g/mol. The highest BCUT2D eigenvalue weighted by Crippen LogP contribution is 2.26. The van der Waals surface area contributed by atoms with Gasteiger partial charge in [-0.1, -0.05) is 35.5 Å². The molecule has 2 heterocycles. The zero-order valence-electron chi connectivity index (χ0n) is 14.5. The molecule has 0 saturated carbocycles. The molecule has 1 N–H and O–H groups in total. The van der Waals surface area contributed by atoms with E-state index in [4.69, 9.17) is 11.6 Å². The standard InChI is InChI=1S/C19H19ClN4OS/c1-13-16(20)6-3-7-17(13)24-10-9-22-19(24)26-12-18(25)23-14(2)15-5-4-8-21-11-15/h3-11,14H,12H2,1-2H3,(H,23,25)/t14-/m0/s1. The largest absolute Gasteiger partial charge is 0.349 e. The summed E-state index contributed by atoms with van der Waals surface area (Å²) >= 11 is 7.61. The number of nitrogens with one attached hydrogen (secondary N) is 1. The molecule has 0 aliphatic carbocycles. The van der Waals surface area contributed by atoms with Crippen LogP contribution in [-0.4, -0.2) is 26.2 Å². The summed E-state index contributed by atoms with van der Waals surface area (Å²) in [6.45, 7) is 3.91. The second kappa shape index (κ2) is 8.38. The molecule has 2 aromatic heterocycles. The minimum absolute atomic E-state index is 0.0521. The first-order valence-corrected chi connectivity index (χ1v) is 9.53. The van der Waals surface area contributed by atoms with Crippen LogP contribution in [0.4, 0.5) is 0 Å². The lowest BCUT2D eigenvalue weighted by molar-refractivity contribution is -0.119.